The Morgan fingerprint density at radius 3 is 1.04 bits per heavy atom. The summed E-state index contributed by atoms with van der Waals surface area (Å²) in [4.78, 5) is 0. The van der Waals surface area contributed by atoms with E-state index < -0.39 is 0 Å². The van der Waals surface area contributed by atoms with Crippen LogP contribution in [-0.4, -0.2) is 54.9 Å². The molecule has 4 nitrogen and oxygen atoms in total. The highest BCUT2D eigenvalue weighted by Gasteiger charge is 2.45. The predicted molar refractivity (Wildman–Crippen MR) is 223 cm³/mol. The molecule has 0 N–H and O–H groups in total. The van der Waals surface area contributed by atoms with Crippen LogP contribution in [-0.2, 0) is 29.8 Å². The molecular formula is C50H64O4. The third kappa shape index (κ3) is 6.91. The van der Waals surface area contributed by atoms with E-state index >= 15 is 0 Å². The van der Waals surface area contributed by atoms with Crippen LogP contribution in [0.4, 0.5) is 0 Å². The highest BCUT2D eigenvalue weighted by molar-refractivity contribution is 5.83. The van der Waals surface area contributed by atoms with Gasteiger partial charge in [-0.2, -0.15) is 0 Å². The smallest absolute Gasteiger partial charge is 0.0681 e. The molecule has 4 heteroatoms. The quantitative estimate of drug-likeness (QED) is 0.146. The van der Waals surface area contributed by atoms with Crippen LogP contribution in [0.25, 0.3) is 22.3 Å². The van der Waals surface area contributed by atoms with Crippen molar-refractivity contribution in [2.45, 2.75) is 114 Å². The highest BCUT2D eigenvalue weighted by atomic mass is 16.5. The van der Waals surface area contributed by atoms with Gasteiger partial charge in [0.25, 0.3) is 0 Å². The fourth-order valence-corrected chi connectivity index (χ4v) is 10.5. The molecule has 4 aliphatic rings. The van der Waals surface area contributed by atoms with Crippen molar-refractivity contribution in [3.63, 3.8) is 0 Å². The van der Waals surface area contributed by atoms with E-state index in [9.17, 15) is 0 Å². The van der Waals surface area contributed by atoms with Crippen LogP contribution in [0.2, 0.25) is 0 Å². The van der Waals surface area contributed by atoms with Crippen LogP contribution in [0.15, 0.2) is 72.8 Å². The van der Waals surface area contributed by atoms with Gasteiger partial charge in [-0.3, -0.25) is 0 Å². The largest absolute Gasteiger partial charge is 0.383 e. The van der Waals surface area contributed by atoms with Crippen LogP contribution in [0.5, 0.6) is 0 Å². The molecule has 0 amide bonds. The zero-order chi connectivity index (χ0) is 38.0. The first kappa shape index (κ1) is 39.0. The molecule has 8 rings (SSSR count). The summed E-state index contributed by atoms with van der Waals surface area (Å²) in [5.41, 5.74) is 16.3. The fraction of sp³-hybridized carbons (Fsp3) is 0.520. The summed E-state index contributed by atoms with van der Waals surface area (Å²) in [5, 5.41) is 0. The second-order valence-corrected chi connectivity index (χ2v) is 17.4. The van der Waals surface area contributed by atoms with Crippen LogP contribution >= 0.6 is 0 Å². The van der Waals surface area contributed by atoms with Crippen LogP contribution in [0.3, 0.4) is 0 Å². The summed E-state index contributed by atoms with van der Waals surface area (Å²) in [6.07, 6.45) is 10.8. The molecule has 0 radical (unpaired) electrons. The maximum absolute atomic E-state index is 5.85. The van der Waals surface area contributed by atoms with E-state index in [1.807, 2.05) is 14.2 Å². The zero-order valence-electron chi connectivity index (χ0n) is 34.4. The number of rotatable bonds is 12. The van der Waals surface area contributed by atoms with Crippen molar-refractivity contribution >= 4 is 0 Å². The summed E-state index contributed by atoms with van der Waals surface area (Å²) < 4.78 is 23.1. The average molecular weight is 729 g/mol. The lowest BCUT2D eigenvalue weighted by atomic mass is 9.77. The van der Waals surface area contributed by atoms with Gasteiger partial charge in [0, 0.05) is 28.4 Å². The summed E-state index contributed by atoms with van der Waals surface area (Å²) in [6.45, 7) is 11.6. The van der Waals surface area contributed by atoms with Crippen LogP contribution < -0.4 is 0 Å². The van der Waals surface area contributed by atoms with Crippen LogP contribution in [0.1, 0.15) is 147 Å². The molecule has 0 atom stereocenters. The van der Waals surface area contributed by atoms with Crippen molar-refractivity contribution in [3.05, 3.63) is 117 Å². The molecule has 4 aromatic carbocycles. The van der Waals surface area contributed by atoms with Gasteiger partial charge in [0.1, 0.15) is 0 Å². The molecule has 0 unspecified atom stereocenters. The molecule has 2 saturated carbocycles. The van der Waals surface area contributed by atoms with Gasteiger partial charge >= 0.3 is 0 Å². The first-order valence-corrected chi connectivity index (χ1v) is 20.8. The van der Waals surface area contributed by atoms with Crippen LogP contribution in [0, 0.1) is 0 Å². The molecule has 0 bridgehead atoms. The lowest BCUT2D eigenvalue weighted by Gasteiger charge is -2.31. The van der Waals surface area contributed by atoms with Gasteiger partial charge in [0.2, 0.25) is 0 Å². The second-order valence-electron chi connectivity index (χ2n) is 17.4. The summed E-state index contributed by atoms with van der Waals surface area (Å²) in [6, 6.07) is 28.4. The van der Waals surface area contributed by atoms with Crippen molar-refractivity contribution in [1.29, 1.82) is 0 Å². The van der Waals surface area contributed by atoms with E-state index in [4.69, 9.17) is 18.9 Å². The number of benzene rings is 4. The van der Waals surface area contributed by atoms with Gasteiger partial charge in [-0.15, -0.1) is 0 Å². The molecule has 4 aliphatic carbocycles. The Morgan fingerprint density at radius 1 is 0.444 bits per heavy atom. The molecule has 0 spiro atoms. The number of methoxy groups -OCH3 is 4. The molecule has 0 aliphatic heterocycles. The Morgan fingerprint density at radius 2 is 0.741 bits per heavy atom. The van der Waals surface area contributed by atoms with E-state index in [0.717, 1.165) is 11.8 Å². The standard InChI is InChI=1S/C27H34O2.C23H30O2/c1-28-17-27(18-29-2)25-15-21(19-7-3-4-8-19)11-13-23(25)24-14-12-22(16-26(24)27)20-9-5-6-10-20;1-15(2)17-7-9-19-20-10-8-18(16(3)4)12-22(20)23(13-24-5,14-25-6)21(19)11-17/h11-16,19-20H,3-10,17-18H2,1-2H3;7-12,15-16H,13-14H2,1-6H3. The molecule has 0 aromatic heterocycles. The molecule has 0 saturated heterocycles. The normalized spacial score (nSPS) is 18.1. The van der Waals surface area contributed by atoms with E-state index in [0.29, 0.717) is 38.3 Å². The Bertz CT molecular complexity index is 1770. The van der Waals surface area contributed by atoms with Gasteiger partial charge < -0.3 is 18.9 Å². The second kappa shape index (κ2) is 16.4. The fourth-order valence-electron chi connectivity index (χ4n) is 10.5. The van der Waals surface area contributed by atoms with E-state index in [-0.39, 0.29) is 10.8 Å². The topological polar surface area (TPSA) is 36.9 Å². The highest BCUT2D eigenvalue weighted by Crippen LogP contribution is 2.53. The van der Waals surface area contributed by atoms with E-state index in [1.165, 1.54) is 118 Å². The Hall–Kier alpha value is -3.28. The Kier molecular flexibility index (Phi) is 11.9. The maximum atomic E-state index is 5.85. The van der Waals surface area contributed by atoms with Crippen molar-refractivity contribution in [2.75, 3.05) is 54.9 Å². The summed E-state index contributed by atoms with van der Waals surface area (Å²) >= 11 is 0. The minimum atomic E-state index is -0.232. The van der Waals surface area contributed by atoms with Crippen molar-refractivity contribution in [2.24, 2.45) is 0 Å². The first-order valence-electron chi connectivity index (χ1n) is 20.8. The molecular weight excluding hydrogens is 665 g/mol. The SMILES string of the molecule is COCC1(COC)c2cc(C(C)C)ccc2-c2ccc(C(C)C)cc21.COCC1(COC)c2cc(C3CCCC3)ccc2-c2ccc(C3CCCC3)cc21. The Balaban J connectivity index is 0.000000169. The maximum Gasteiger partial charge on any atom is 0.0681 e. The third-order valence-electron chi connectivity index (χ3n) is 13.4. The molecule has 288 valence electrons. The monoisotopic (exact) mass is 728 g/mol. The molecule has 2 fully saturated rings. The molecule has 4 aromatic rings. The minimum absolute atomic E-state index is 0.197. The van der Waals surface area contributed by atoms with Crippen molar-refractivity contribution in [1.82, 2.24) is 0 Å². The van der Waals surface area contributed by atoms with Crippen molar-refractivity contribution in [3.8, 4) is 22.3 Å². The molecule has 0 heterocycles. The number of ether oxygens (including phenoxy) is 4. The molecule has 54 heavy (non-hydrogen) atoms. The zero-order valence-corrected chi connectivity index (χ0v) is 34.4. The van der Waals surface area contributed by atoms with Gasteiger partial charge in [0.15, 0.2) is 0 Å². The van der Waals surface area contributed by atoms with Crippen molar-refractivity contribution < 1.29 is 18.9 Å². The lowest BCUT2D eigenvalue weighted by molar-refractivity contribution is 0.0813. The average Bonchev–Trinajstić information content (AvgIpc) is 4.00. The Labute approximate surface area is 326 Å². The van der Waals surface area contributed by atoms with Gasteiger partial charge in [-0.25, -0.2) is 0 Å². The third-order valence-corrected chi connectivity index (χ3v) is 13.4. The number of hydrogen-bond donors (Lipinski definition) is 0. The van der Waals surface area contributed by atoms with E-state index in [2.05, 4.69) is 100 Å². The van der Waals surface area contributed by atoms with Gasteiger partial charge in [-0.05, 0) is 116 Å². The van der Waals surface area contributed by atoms with E-state index in [1.54, 1.807) is 14.2 Å². The minimum Gasteiger partial charge on any atom is -0.383 e. The van der Waals surface area contributed by atoms with Gasteiger partial charge in [-0.1, -0.05) is 126 Å². The summed E-state index contributed by atoms with van der Waals surface area (Å²) in [5.74, 6) is 2.45. The predicted octanol–water partition coefficient (Wildman–Crippen LogP) is 12.1. The first-order chi connectivity index (χ1) is 26.2. The number of fused-ring (bicyclic) bond motifs is 6. The van der Waals surface area contributed by atoms with Gasteiger partial charge in [0.05, 0.1) is 37.3 Å². The number of hydrogen-bond acceptors (Lipinski definition) is 4. The lowest BCUT2D eigenvalue weighted by Crippen LogP contribution is -2.36. The summed E-state index contributed by atoms with van der Waals surface area (Å²) in [7, 11) is 7.23.